The molecule has 1 N–H and O–H groups in total. The van der Waals surface area contributed by atoms with Crippen LogP contribution in [0, 0.1) is 0 Å². The van der Waals surface area contributed by atoms with E-state index in [9.17, 15) is 0 Å². The Kier molecular flexibility index (Phi) is 3.26. The quantitative estimate of drug-likeness (QED) is 0.771. The Labute approximate surface area is 127 Å². The number of fused-ring (bicyclic) bond motifs is 1. The van der Waals surface area contributed by atoms with Crippen LogP contribution >= 0.6 is 0 Å². The molecule has 112 valence electrons. The smallest absolute Gasteiger partial charge is 0.177 e. The third-order valence-corrected chi connectivity index (χ3v) is 3.90. The van der Waals surface area contributed by atoms with E-state index in [1.165, 1.54) is 0 Å². The molecule has 0 spiro atoms. The molecule has 4 heterocycles. The maximum absolute atomic E-state index is 4.54. The summed E-state index contributed by atoms with van der Waals surface area (Å²) in [6.07, 6.45) is 7.04. The molecule has 0 aromatic carbocycles. The number of aromatic nitrogens is 6. The summed E-state index contributed by atoms with van der Waals surface area (Å²) < 4.78 is 1.71. The number of hydrogen-bond donors (Lipinski definition) is 1. The van der Waals surface area contributed by atoms with Gasteiger partial charge in [-0.3, -0.25) is 0 Å². The number of nitrogens with zero attached hydrogens (tertiary/aromatic N) is 7. The first-order valence-electron chi connectivity index (χ1n) is 7.33. The fourth-order valence-electron chi connectivity index (χ4n) is 2.73. The molecular formula is C14H16N8. The van der Waals surface area contributed by atoms with Crippen molar-refractivity contribution in [3.8, 4) is 0 Å². The van der Waals surface area contributed by atoms with Crippen molar-refractivity contribution in [2.24, 2.45) is 0 Å². The van der Waals surface area contributed by atoms with Gasteiger partial charge in [0.1, 0.15) is 24.3 Å². The Balaban J connectivity index is 1.41. The fourth-order valence-corrected chi connectivity index (χ4v) is 2.73. The zero-order valence-corrected chi connectivity index (χ0v) is 12.0. The molecule has 1 aliphatic rings. The predicted molar refractivity (Wildman–Crippen MR) is 81.7 cm³/mol. The van der Waals surface area contributed by atoms with Gasteiger partial charge in [-0.2, -0.15) is 4.52 Å². The molecule has 22 heavy (non-hydrogen) atoms. The molecule has 0 amide bonds. The van der Waals surface area contributed by atoms with E-state index in [0.717, 1.165) is 43.2 Å². The van der Waals surface area contributed by atoms with Crippen LogP contribution in [0.25, 0.3) is 5.65 Å². The minimum Gasteiger partial charge on any atom is -0.367 e. The summed E-state index contributed by atoms with van der Waals surface area (Å²) in [7, 11) is 0. The average molecular weight is 296 g/mol. The first-order valence-corrected chi connectivity index (χ1v) is 7.33. The molecule has 0 bridgehead atoms. The van der Waals surface area contributed by atoms with Gasteiger partial charge in [0.2, 0.25) is 0 Å². The summed E-state index contributed by atoms with van der Waals surface area (Å²) in [5.41, 5.74) is 0.768. The lowest BCUT2D eigenvalue weighted by atomic mass is 10.1. The highest BCUT2D eigenvalue weighted by Gasteiger charge is 2.20. The molecule has 0 saturated carbocycles. The first kappa shape index (κ1) is 12.9. The summed E-state index contributed by atoms with van der Waals surface area (Å²) in [6, 6.07) is 6.28. The van der Waals surface area contributed by atoms with Gasteiger partial charge in [0.15, 0.2) is 5.65 Å². The topological polar surface area (TPSA) is 84.1 Å². The van der Waals surface area contributed by atoms with Crippen LogP contribution in [-0.4, -0.2) is 48.9 Å². The summed E-state index contributed by atoms with van der Waals surface area (Å²) in [5, 5.41) is 15.8. The van der Waals surface area contributed by atoms with E-state index in [4.69, 9.17) is 0 Å². The van der Waals surface area contributed by atoms with Crippen LogP contribution < -0.4 is 10.2 Å². The van der Waals surface area contributed by atoms with Crippen LogP contribution in [-0.2, 0) is 0 Å². The van der Waals surface area contributed by atoms with Crippen molar-refractivity contribution in [3.05, 3.63) is 37.1 Å². The normalized spacial score (nSPS) is 16.1. The number of hydrogen-bond acceptors (Lipinski definition) is 7. The van der Waals surface area contributed by atoms with E-state index >= 15 is 0 Å². The van der Waals surface area contributed by atoms with Gasteiger partial charge in [-0.1, -0.05) is 0 Å². The van der Waals surface area contributed by atoms with E-state index in [2.05, 4.69) is 35.5 Å². The molecule has 4 rings (SSSR count). The van der Waals surface area contributed by atoms with Gasteiger partial charge in [-0.15, -0.1) is 15.3 Å². The zero-order valence-electron chi connectivity index (χ0n) is 12.0. The second kappa shape index (κ2) is 5.55. The van der Waals surface area contributed by atoms with Crippen molar-refractivity contribution in [1.29, 1.82) is 0 Å². The molecule has 3 aromatic rings. The number of rotatable bonds is 3. The number of nitrogens with one attached hydrogen (secondary N) is 1. The van der Waals surface area contributed by atoms with Gasteiger partial charge in [0, 0.05) is 25.3 Å². The average Bonchev–Trinajstić information content (AvgIpc) is 3.04. The molecule has 0 atom stereocenters. The molecule has 1 saturated heterocycles. The Morgan fingerprint density at radius 1 is 1.14 bits per heavy atom. The van der Waals surface area contributed by atoms with Crippen LogP contribution in [0.4, 0.5) is 11.6 Å². The van der Waals surface area contributed by atoms with E-state index in [-0.39, 0.29) is 0 Å². The molecule has 8 heteroatoms. The van der Waals surface area contributed by atoms with Gasteiger partial charge >= 0.3 is 0 Å². The van der Waals surface area contributed by atoms with E-state index in [1.54, 1.807) is 23.4 Å². The Hall–Kier alpha value is -2.77. The van der Waals surface area contributed by atoms with Crippen molar-refractivity contribution in [3.63, 3.8) is 0 Å². The molecule has 0 radical (unpaired) electrons. The number of piperidine rings is 1. The van der Waals surface area contributed by atoms with Crippen LogP contribution in [0.15, 0.2) is 37.1 Å². The second-order valence-corrected chi connectivity index (χ2v) is 5.33. The molecule has 3 aromatic heterocycles. The van der Waals surface area contributed by atoms with Crippen molar-refractivity contribution >= 4 is 17.3 Å². The highest BCUT2D eigenvalue weighted by atomic mass is 15.4. The fraction of sp³-hybridized carbons (Fsp3) is 0.357. The van der Waals surface area contributed by atoms with Crippen molar-refractivity contribution in [2.45, 2.75) is 18.9 Å². The maximum atomic E-state index is 4.54. The highest BCUT2D eigenvalue weighted by molar-refractivity contribution is 5.45. The molecule has 0 aliphatic carbocycles. The predicted octanol–water partition coefficient (Wildman–Crippen LogP) is 0.995. The monoisotopic (exact) mass is 296 g/mol. The van der Waals surface area contributed by atoms with E-state index in [0.29, 0.717) is 6.04 Å². The van der Waals surface area contributed by atoms with Gasteiger partial charge in [-0.05, 0) is 31.0 Å². The van der Waals surface area contributed by atoms with Gasteiger partial charge in [0.25, 0.3) is 0 Å². The van der Waals surface area contributed by atoms with Crippen LogP contribution in [0.1, 0.15) is 12.8 Å². The number of anilines is 2. The lowest BCUT2D eigenvalue weighted by molar-refractivity contribution is 0.520. The van der Waals surface area contributed by atoms with Crippen LogP contribution in [0.3, 0.4) is 0 Å². The van der Waals surface area contributed by atoms with Gasteiger partial charge in [-0.25, -0.2) is 9.97 Å². The summed E-state index contributed by atoms with van der Waals surface area (Å²) in [5.74, 6) is 1.85. The molecular weight excluding hydrogens is 280 g/mol. The highest BCUT2D eigenvalue weighted by Crippen LogP contribution is 2.19. The van der Waals surface area contributed by atoms with E-state index in [1.807, 2.05) is 18.2 Å². The maximum Gasteiger partial charge on any atom is 0.177 e. The van der Waals surface area contributed by atoms with E-state index < -0.39 is 0 Å². The third kappa shape index (κ3) is 2.54. The minimum absolute atomic E-state index is 0.435. The van der Waals surface area contributed by atoms with Crippen LogP contribution in [0.2, 0.25) is 0 Å². The van der Waals surface area contributed by atoms with Gasteiger partial charge in [0.05, 0.1) is 0 Å². The zero-order chi connectivity index (χ0) is 14.8. The van der Waals surface area contributed by atoms with Crippen molar-refractivity contribution in [2.75, 3.05) is 23.3 Å². The molecule has 1 fully saturated rings. The van der Waals surface area contributed by atoms with Crippen LogP contribution in [0.5, 0.6) is 0 Å². The summed E-state index contributed by atoms with van der Waals surface area (Å²) in [6.45, 7) is 1.92. The second-order valence-electron chi connectivity index (χ2n) is 5.33. The molecule has 8 nitrogen and oxygen atoms in total. The summed E-state index contributed by atoms with van der Waals surface area (Å²) >= 11 is 0. The lowest BCUT2D eigenvalue weighted by Gasteiger charge is -2.33. The first-order chi connectivity index (χ1) is 10.9. The molecule has 0 unspecified atom stereocenters. The third-order valence-electron chi connectivity index (χ3n) is 3.90. The Morgan fingerprint density at radius 2 is 2.05 bits per heavy atom. The van der Waals surface area contributed by atoms with Crippen molar-refractivity contribution < 1.29 is 0 Å². The van der Waals surface area contributed by atoms with Gasteiger partial charge < -0.3 is 10.2 Å². The molecule has 1 aliphatic heterocycles. The summed E-state index contributed by atoms with van der Waals surface area (Å²) in [4.78, 5) is 10.4. The van der Waals surface area contributed by atoms with Crippen molar-refractivity contribution in [1.82, 2.24) is 29.8 Å². The lowest BCUT2D eigenvalue weighted by Crippen LogP contribution is -2.39. The standard InChI is InChI=1S/C14H16N8/c1-2-14(20-22-10-17-19-13(1)22)21-7-4-11(5-8-21)18-12-3-6-15-9-16-12/h1-3,6,9-11H,4-5,7-8H2,(H,15,16,18). The Morgan fingerprint density at radius 3 is 2.86 bits per heavy atom. The Bertz CT molecular complexity index is 748. The largest absolute Gasteiger partial charge is 0.367 e. The SMILES string of the molecule is c1cc(NC2CCN(c3ccc4nncn4n3)CC2)ncn1. The minimum atomic E-state index is 0.435.